The fraction of sp³-hybridized carbons (Fsp3) is 0.618. The third-order valence-corrected chi connectivity index (χ3v) is 9.15. The van der Waals surface area contributed by atoms with Gasteiger partial charge in [0.15, 0.2) is 5.78 Å². The van der Waals surface area contributed by atoms with Gasteiger partial charge >= 0.3 is 5.97 Å². The molecule has 3 rings (SSSR count). The van der Waals surface area contributed by atoms with Gasteiger partial charge in [0.1, 0.15) is 18.7 Å². The molecule has 1 aliphatic heterocycles. The van der Waals surface area contributed by atoms with E-state index in [1.807, 2.05) is 65.8 Å². The number of Topliss-reactive ketones (excluding diaryl/α,β-unsaturated/α-hetero) is 1. The van der Waals surface area contributed by atoms with E-state index >= 15 is 0 Å². The molecular formula is C34H50N4O6S. The molecule has 4 unspecified atom stereocenters. The van der Waals surface area contributed by atoms with Crippen LogP contribution in [-0.2, 0) is 30.5 Å². The zero-order valence-corrected chi connectivity index (χ0v) is 28.9. The van der Waals surface area contributed by atoms with Crippen LogP contribution in [0.2, 0.25) is 0 Å². The SMILES string of the molecule is CC(CC(=O)C1CC(O)CN1C(=O)C(NC(=O)C(C)(C)C)C(C)(C)C)c1ccc(-c2scnc2COC(=O)[C@@H](N)C(C)C)cc1. The van der Waals surface area contributed by atoms with Crippen LogP contribution in [0.25, 0.3) is 10.4 Å². The Balaban J connectivity index is 1.70. The van der Waals surface area contributed by atoms with E-state index < -0.39 is 41.0 Å². The maximum absolute atomic E-state index is 13.8. The molecule has 11 heteroatoms. The summed E-state index contributed by atoms with van der Waals surface area (Å²) in [6.07, 6.45) is -0.459. The van der Waals surface area contributed by atoms with Crippen LogP contribution in [0.3, 0.4) is 0 Å². The van der Waals surface area contributed by atoms with Gasteiger partial charge in [0, 0.05) is 24.8 Å². The summed E-state index contributed by atoms with van der Waals surface area (Å²) in [5.74, 6) is -1.37. The fourth-order valence-corrected chi connectivity index (χ4v) is 5.96. The first-order valence-electron chi connectivity index (χ1n) is 15.6. The van der Waals surface area contributed by atoms with Gasteiger partial charge < -0.3 is 25.8 Å². The van der Waals surface area contributed by atoms with E-state index in [4.69, 9.17) is 10.5 Å². The average Bonchev–Trinajstić information content (AvgIpc) is 3.59. The quantitative estimate of drug-likeness (QED) is 0.305. The minimum Gasteiger partial charge on any atom is -0.458 e. The summed E-state index contributed by atoms with van der Waals surface area (Å²) in [7, 11) is 0. The monoisotopic (exact) mass is 642 g/mol. The number of likely N-dealkylation sites (tertiary alicyclic amines) is 1. The number of hydrogen-bond acceptors (Lipinski definition) is 9. The summed E-state index contributed by atoms with van der Waals surface area (Å²) in [4.78, 5) is 59.2. The Hall–Kier alpha value is -3.15. The number of β-amino-alcohol motifs (C(OH)–C–C–N with tert-alkyl or cyclic N) is 1. The number of hydrogen-bond donors (Lipinski definition) is 3. The van der Waals surface area contributed by atoms with E-state index in [0.29, 0.717) is 5.69 Å². The first kappa shape index (κ1) is 36.3. The third-order valence-electron chi connectivity index (χ3n) is 8.24. The molecule has 1 aliphatic rings. The number of aliphatic hydroxyl groups is 1. The number of carbonyl (C=O) groups excluding carboxylic acids is 4. The maximum Gasteiger partial charge on any atom is 0.323 e. The Morgan fingerprint density at radius 3 is 2.27 bits per heavy atom. The Labute approximate surface area is 271 Å². The largest absolute Gasteiger partial charge is 0.458 e. The number of nitrogens with one attached hydrogen (secondary N) is 1. The van der Waals surface area contributed by atoms with Crippen LogP contribution in [0.15, 0.2) is 29.8 Å². The number of rotatable bonds is 11. The smallest absolute Gasteiger partial charge is 0.323 e. The summed E-state index contributed by atoms with van der Waals surface area (Å²) in [5.41, 5.74) is 8.83. The van der Waals surface area contributed by atoms with Crippen molar-refractivity contribution in [2.24, 2.45) is 22.5 Å². The number of thiazole rings is 1. The molecule has 1 aromatic heterocycles. The van der Waals surface area contributed by atoms with Gasteiger partial charge in [-0.25, -0.2) is 4.98 Å². The van der Waals surface area contributed by atoms with E-state index in [9.17, 15) is 24.3 Å². The Bertz CT molecular complexity index is 1360. The highest BCUT2D eigenvalue weighted by molar-refractivity contribution is 7.13. The van der Waals surface area contributed by atoms with Gasteiger partial charge in [-0.05, 0) is 28.4 Å². The van der Waals surface area contributed by atoms with Crippen LogP contribution < -0.4 is 11.1 Å². The van der Waals surface area contributed by atoms with Crippen molar-refractivity contribution < 1.29 is 29.0 Å². The maximum atomic E-state index is 13.8. The van der Waals surface area contributed by atoms with Crippen molar-refractivity contribution >= 4 is 34.9 Å². The molecule has 0 bridgehead atoms. The normalized spacial score (nSPS) is 19.2. The van der Waals surface area contributed by atoms with Gasteiger partial charge in [-0.3, -0.25) is 19.2 Å². The van der Waals surface area contributed by atoms with Gasteiger partial charge in [0.2, 0.25) is 11.8 Å². The Morgan fingerprint density at radius 2 is 1.71 bits per heavy atom. The van der Waals surface area contributed by atoms with Crippen molar-refractivity contribution in [3.8, 4) is 10.4 Å². The lowest BCUT2D eigenvalue weighted by Gasteiger charge is -2.36. The summed E-state index contributed by atoms with van der Waals surface area (Å²) < 4.78 is 5.40. The molecule has 4 N–H and O–H groups in total. The first-order chi connectivity index (χ1) is 20.8. The van der Waals surface area contributed by atoms with E-state index in [0.717, 1.165) is 16.0 Å². The standard InChI is InChI=1S/C34H50N4O6S/c1-19(2)27(35)31(42)44-17-24-28(45-18-36-24)22-12-10-21(11-13-22)20(3)14-26(40)25-15-23(39)16-38(25)30(41)29(33(4,5)6)37-32(43)34(7,8)9/h10-13,18-20,23,25,27,29,39H,14-17,35H2,1-9H3,(H,37,43)/t20?,23?,25?,27-,29?/m0/s1. The number of amides is 2. The van der Waals surface area contributed by atoms with Gasteiger partial charge in [-0.2, -0.15) is 0 Å². The van der Waals surface area contributed by atoms with Crippen molar-refractivity contribution in [3.05, 3.63) is 41.0 Å². The lowest BCUT2D eigenvalue weighted by atomic mass is 9.84. The topological polar surface area (TPSA) is 152 Å². The minimum absolute atomic E-state index is 0.0300. The van der Waals surface area contributed by atoms with Crippen molar-refractivity contribution in [1.82, 2.24) is 15.2 Å². The molecule has 0 aliphatic carbocycles. The predicted molar refractivity (Wildman–Crippen MR) is 175 cm³/mol. The second-order valence-corrected chi connectivity index (χ2v) is 15.5. The number of ketones is 1. The van der Waals surface area contributed by atoms with Crippen LogP contribution in [0.1, 0.15) is 92.3 Å². The summed E-state index contributed by atoms with van der Waals surface area (Å²) in [5, 5.41) is 13.4. The Kier molecular flexibility index (Phi) is 11.7. The number of nitrogens with two attached hydrogens (primary N) is 1. The van der Waals surface area contributed by atoms with Crippen molar-refractivity contribution in [2.45, 2.75) is 112 Å². The zero-order chi connectivity index (χ0) is 33.9. The van der Waals surface area contributed by atoms with Gasteiger partial charge in [0.25, 0.3) is 0 Å². The summed E-state index contributed by atoms with van der Waals surface area (Å²) in [6, 6.07) is 5.52. The van der Waals surface area contributed by atoms with Gasteiger partial charge in [-0.1, -0.05) is 86.6 Å². The highest BCUT2D eigenvalue weighted by atomic mass is 32.1. The van der Waals surface area contributed by atoms with Crippen LogP contribution >= 0.6 is 11.3 Å². The molecule has 248 valence electrons. The number of esters is 1. The molecule has 1 saturated heterocycles. The van der Waals surface area contributed by atoms with E-state index in [2.05, 4.69) is 10.3 Å². The summed E-state index contributed by atoms with van der Waals surface area (Å²) >= 11 is 1.45. The van der Waals surface area contributed by atoms with E-state index in [-0.39, 0.29) is 55.4 Å². The van der Waals surface area contributed by atoms with Crippen LogP contribution in [-0.4, -0.2) is 69.3 Å². The molecule has 5 atom stereocenters. The molecule has 1 fully saturated rings. The lowest BCUT2D eigenvalue weighted by molar-refractivity contribution is -0.147. The van der Waals surface area contributed by atoms with Crippen LogP contribution in [0.4, 0.5) is 0 Å². The minimum atomic E-state index is -0.845. The number of aromatic nitrogens is 1. The Morgan fingerprint density at radius 1 is 1.09 bits per heavy atom. The lowest BCUT2D eigenvalue weighted by Crippen LogP contribution is -2.58. The average molecular weight is 643 g/mol. The molecule has 2 aromatic rings. The molecule has 1 aromatic carbocycles. The van der Waals surface area contributed by atoms with E-state index in [1.54, 1.807) is 26.3 Å². The highest BCUT2D eigenvalue weighted by Crippen LogP contribution is 2.32. The van der Waals surface area contributed by atoms with Crippen molar-refractivity contribution in [3.63, 3.8) is 0 Å². The molecule has 10 nitrogen and oxygen atoms in total. The number of nitrogens with zero attached hydrogens (tertiary/aromatic N) is 2. The molecule has 0 spiro atoms. The second-order valence-electron chi connectivity index (χ2n) is 14.6. The third kappa shape index (κ3) is 9.20. The van der Waals surface area contributed by atoms with Crippen molar-refractivity contribution in [2.75, 3.05) is 6.54 Å². The van der Waals surface area contributed by atoms with Crippen LogP contribution in [0.5, 0.6) is 0 Å². The number of aliphatic hydroxyl groups excluding tert-OH is 1. The highest BCUT2D eigenvalue weighted by Gasteiger charge is 2.45. The summed E-state index contributed by atoms with van der Waals surface area (Å²) in [6.45, 7) is 16.7. The molecule has 2 heterocycles. The molecule has 0 radical (unpaired) electrons. The van der Waals surface area contributed by atoms with Crippen molar-refractivity contribution in [1.29, 1.82) is 0 Å². The van der Waals surface area contributed by atoms with E-state index in [1.165, 1.54) is 16.2 Å². The first-order valence-corrected chi connectivity index (χ1v) is 16.5. The molecular weight excluding hydrogens is 592 g/mol. The number of carbonyl (C=O) groups is 4. The van der Waals surface area contributed by atoms with Gasteiger partial charge in [-0.15, -0.1) is 11.3 Å². The fourth-order valence-electron chi connectivity index (χ4n) is 5.16. The molecule has 45 heavy (non-hydrogen) atoms. The number of benzene rings is 1. The second kappa shape index (κ2) is 14.5. The zero-order valence-electron chi connectivity index (χ0n) is 28.0. The molecule has 0 saturated carbocycles. The van der Waals surface area contributed by atoms with Crippen LogP contribution in [0, 0.1) is 16.7 Å². The predicted octanol–water partition coefficient (Wildman–Crippen LogP) is 4.44. The molecule has 2 amide bonds. The number of ether oxygens (including phenoxy) is 1. The van der Waals surface area contributed by atoms with Gasteiger partial charge in [0.05, 0.1) is 28.2 Å².